The number of nitrogens with zero attached hydrogens (tertiary/aromatic N) is 1. The van der Waals surface area contributed by atoms with E-state index in [1.54, 1.807) is 17.5 Å². The van der Waals surface area contributed by atoms with Crippen LogP contribution in [0.15, 0.2) is 27.4 Å². The molecule has 0 fully saturated rings. The van der Waals surface area contributed by atoms with Crippen LogP contribution in [0.3, 0.4) is 0 Å². The topological polar surface area (TPSA) is 55.1 Å². The Balaban J connectivity index is 2.06. The van der Waals surface area contributed by atoms with Gasteiger partial charge in [-0.15, -0.1) is 0 Å². The molecule has 2 aromatic heterocycles. The van der Waals surface area contributed by atoms with Crippen LogP contribution in [0, 0.1) is 0 Å². The van der Waals surface area contributed by atoms with E-state index in [2.05, 4.69) is 10.3 Å². The quantitative estimate of drug-likeness (QED) is 0.934. The first kappa shape index (κ1) is 13.8. The molecule has 1 amide bonds. The first-order valence-corrected chi connectivity index (χ1v) is 7.11. The summed E-state index contributed by atoms with van der Waals surface area (Å²) in [5.74, 6) is 0.544. The van der Waals surface area contributed by atoms with E-state index in [0.29, 0.717) is 5.76 Å². The highest BCUT2D eigenvalue weighted by Gasteiger charge is 2.22. The van der Waals surface area contributed by atoms with Crippen molar-refractivity contribution < 1.29 is 9.21 Å². The molecular weight excluding hydrogens is 260 g/mol. The number of carbonyl (C=O) groups is 1. The van der Waals surface area contributed by atoms with Gasteiger partial charge in [-0.25, -0.2) is 4.98 Å². The normalized spacial score (nSPS) is 13.3. The third-order valence-electron chi connectivity index (χ3n) is 2.83. The smallest absolute Gasteiger partial charge is 0.307 e. The van der Waals surface area contributed by atoms with Crippen molar-refractivity contribution >= 4 is 17.2 Å². The summed E-state index contributed by atoms with van der Waals surface area (Å²) in [5.41, 5.74) is 0.936. The highest BCUT2D eigenvalue weighted by atomic mass is 32.1. The van der Waals surface area contributed by atoms with Crippen molar-refractivity contribution in [3.05, 3.63) is 40.2 Å². The Morgan fingerprint density at radius 3 is 2.74 bits per heavy atom. The van der Waals surface area contributed by atoms with Crippen LogP contribution in [0.25, 0.3) is 0 Å². The Morgan fingerprint density at radius 2 is 2.21 bits per heavy atom. The average molecular weight is 278 g/mol. The summed E-state index contributed by atoms with van der Waals surface area (Å²) in [5, 5.41) is 6.88. The lowest BCUT2D eigenvalue weighted by Gasteiger charge is -2.13. The van der Waals surface area contributed by atoms with Crippen LogP contribution in [0.1, 0.15) is 55.7 Å². The molecule has 0 aliphatic heterocycles. The highest BCUT2D eigenvalue weighted by molar-refractivity contribution is 7.07. The third-order valence-corrected chi connectivity index (χ3v) is 3.53. The monoisotopic (exact) mass is 278 g/mol. The fourth-order valence-electron chi connectivity index (χ4n) is 1.59. The number of aromatic nitrogens is 1. The Bertz CT molecular complexity index is 552. The number of thiophene rings is 1. The van der Waals surface area contributed by atoms with Gasteiger partial charge in [0.2, 0.25) is 0 Å². The van der Waals surface area contributed by atoms with Crippen LogP contribution in [-0.2, 0) is 5.41 Å². The minimum atomic E-state index is -0.283. The van der Waals surface area contributed by atoms with Crippen molar-refractivity contribution in [1.29, 1.82) is 0 Å². The molecule has 5 heteroatoms. The Morgan fingerprint density at radius 1 is 1.47 bits per heavy atom. The van der Waals surface area contributed by atoms with E-state index in [4.69, 9.17) is 4.42 Å². The number of rotatable bonds is 3. The highest BCUT2D eigenvalue weighted by Crippen LogP contribution is 2.23. The Labute approximate surface area is 116 Å². The van der Waals surface area contributed by atoms with Crippen LogP contribution in [0.4, 0.5) is 0 Å². The molecule has 2 heterocycles. The molecule has 0 bridgehead atoms. The molecule has 102 valence electrons. The Kier molecular flexibility index (Phi) is 3.75. The zero-order valence-corrected chi connectivity index (χ0v) is 12.4. The van der Waals surface area contributed by atoms with Crippen molar-refractivity contribution in [2.24, 2.45) is 0 Å². The molecule has 0 aliphatic rings. The summed E-state index contributed by atoms with van der Waals surface area (Å²) >= 11 is 1.61. The van der Waals surface area contributed by atoms with Gasteiger partial charge in [0.15, 0.2) is 0 Å². The van der Waals surface area contributed by atoms with Gasteiger partial charge in [-0.2, -0.15) is 11.3 Å². The van der Waals surface area contributed by atoms with Crippen molar-refractivity contribution in [2.45, 2.75) is 39.2 Å². The Hall–Kier alpha value is -1.62. The largest absolute Gasteiger partial charge is 0.437 e. The van der Waals surface area contributed by atoms with Crippen molar-refractivity contribution in [3.63, 3.8) is 0 Å². The lowest BCUT2D eigenvalue weighted by molar-refractivity contribution is 0.0901. The molecular formula is C14H18N2O2S. The van der Waals surface area contributed by atoms with Gasteiger partial charge in [0.1, 0.15) is 5.76 Å². The second-order valence-electron chi connectivity index (χ2n) is 5.53. The fraction of sp³-hybridized carbons (Fsp3) is 0.429. The van der Waals surface area contributed by atoms with E-state index in [-0.39, 0.29) is 23.3 Å². The lowest BCUT2D eigenvalue weighted by Crippen LogP contribution is -2.26. The molecule has 0 saturated heterocycles. The average Bonchev–Trinajstić information content (AvgIpc) is 3.00. The van der Waals surface area contributed by atoms with E-state index in [9.17, 15) is 4.79 Å². The molecule has 2 aromatic rings. The van der Waals surface area contributed by atoms with E-state index >= 15 is 0 Å². The molecule has 0 aromatic carbocycles. The zero-order valence-electron chi connectivity index (χ0n) is 11.6. The number of amides is 1. The van der Waals surface area contributed by atoms with Gasteiger partial charge in [0, 0.05) is 5.41 Å². The van der Waals surface area contributed by atoms with Crippen molar-refractivity contribution in [1.82, 2.24) is 10.3 Å². The molecule has 0 unspecified atom stereocenters. The molecule has 0 aliphatic carbocycles. The number of nitrogens with one attached hydrogen (secondary N) is 1. The van der Waals surface area contributed by atoms with Gasteiger partial charge in [-0.1, -0.05) is 20.8 Å². The van der Waals surface area contributed by atoms with Gasteiger partial charge >= 0.3 is 5.91 Å². The maximum absolute atomic E-state index is 12.0. The van der Waals surface area contributed by atoms with Crippen LogP contribution in [0.2, 0.25) is 0 Å². The lowest BCUT2D eigenvalue weighted by atomic mass is 9.94. The summed E-state index contributed by atoms with van der Waals surface area (Å²) in [6.07, 6.45) is 1.62. The second kappa shape index (κ2) is 5.17. The molecule has 0 spiro atoms. The molecule has 1 atom stereocenters. The fourth-order valence-corrected chi connectivity index (χ4v) is 2.34. The van der Waals surface area contributed by atoms with E-state index in [1.807, 2.05) is 44.5 Å². The minimum Gasteiger partial charge on any atom is -0.437 e. The summed E-state index contributed by atoms with van der Waals surface area (Å²) in [4.78, 5) is 16.1. The maximum atomic E-state index is 12.0. The molecule has 4 nitrogen and oxygen atoms in total. The van der Waals surface area contributed by atoms with Gasteiger partial charge in [-0.05, 0) is 29.3 Å². The van der Waals surface area contributed by atoms with Gasteiger partial charge in [0.05, 0.1) is 12.2 Å². The SMILES string of the molecule is C[C@H](NC(=O)c1ncc(C(C)(C)C)o1)c1ccsc1. The number of hydrogen-bond acceptors (Lipinski definition) is 4. The standard InChI is InChI=1S/C14H18N2O2S/c1-9(10-5-6-19-8-10)16-12(17)13-15-7-11(18-13)14(2,3)4/h5-9H,1-4H3,(H,16,17)/t9-/m0/s1. The van der Waals surface area contributed by atoms with Crippen LogP contribution in [0.5, 0.6) is 0 Å². The predicted molar refractivity (Wildman–Crippen MR) is 75.4 cm³/mol. The van der Waals surface area contributed by atoms with Gasteiger partial charge < -0.3 is 9.73 Å². The van der Waals surface area contributed by atoms with Gasteiger partial charge in [-0.3, -0.25) is 4.79 Å². The van der Waals surface area contributed by atoms with Crippen molar-refractivity contribution in [3.8, 4) is 0 Å². The number of oxazole rings is 1. The van der Waals surface area contributed by atoms with E-state index in [1.165, 1.54) is 0 Å². The molecule has 2 rings (SSSR count). The van der Waals surface area contributed by atoms with Gasteiger partial charge in [0.25, 0.3) is 5.89 Å². The third kappa shape index (κ3) is 3.23. The summed E-state index contributed by atoms with van der Waals surface area (Å²) in [6.45, 7) is 7.99. The summed E-state index contributed by atoms with van der Waals surface area (Å²) in [6, 6.07) is 1.94. The molecule has 0 radical (unpaired) electrons. The first-order valence-electron chi connectivity index (χ1n) is 6.17. The summed E-state index contributed by atoms with van der Waals surface area (Å²) < 4.78 is 5.51. The summed E-state index contributed by atoms with van der Waals surface area (Å²) in [7, 11) is 0. The van der Waals surface area contributed by atoms with E-state index < -0.39 is 0 Å². The number of carbonyl (C=O) groups excluding carboxylic acids is 1. The predicted octanol–water partition coefficient (Wildman–Crippen LogP) is 3.52. The molecule has 1 N–H and O–H groups in total. The van der Waals surface area contributed by atoms with E-state index in [0.717, 1.165) is 5.56 Å². The number of hydrogen-bond donors (Lipinski definition) is 1. The zero-order chi connectivity index (χ0) is 14.0. The molecule has 19 heavy (non-hydrogen) atoms. The van der Waals surface area contributed by atoms with Crippen LogP contribution in [-0.4, -0.2) is 10.9 Å². The molecule has 0 saturated carbocycles. The van der Waals surface area contributed by atoms with Crippen LogP contribution >= 0.6 is 11.3 Å². The van der Waals surface area contributed by atoms with Crippen LogP contribution < -0.4 is 5.32 Å². The van der Waals surface area contributed by atoms with Crippen molar-refractivity contribution in [2.75, 3.05) is 0 Å². The second-order valence-corrected chi connectivity index (χ2v) is 6.31. The first-order chi connectivity index (χ1) is 8.88. The maximum Gasteiger partial charge on any atom is 0.307 e. The minimum absolute atomic E-state index is 0.0521.